The molecule has 0 aliphatic carbocycles. The highest BCUT2D eigenvalue weighted by molar-refractivity contribution is 5.45. The molecule has 1 aliphatic heterocycles. The van der Waals surface area contributed by atoms with Crippen LogP contribution in [0.3, 0.4) is 0 Å². The Kier molecular flexibility index (Phi) is 2.93. The minimum absolute atomic E-state index is 1.00. The summed E-state index contributed by atoms with van der Waals surface area (Å²) in [4.78, 5) is 10.7. The normalized spacial score (nSPS) is 17.1. The van der Waals surface area contributed by atoms with Gasteiger partial charge in [-0.05, 0) is 6.42 Å². The van der Waals surface area contributed by atoms with E-state index >= 15 is 0 Å². The molecule has 0 amide bonds. The number of hydrogen-bond donors (Lipinski definition) is 1. The van der Waals surface area contributed by atoms with Gasteiger partial charge in [0.2, 0.25) is 0 Å². The summed E-state index contributed by atoms with van der Waals surface area (Å²) in [6, 6.07) is 0. The molecule has 2 heterocycles. The summed E-state index contributed by atoms with van der Waals surface area (Å²) in [7, 11) is 0. The predicted octanol–water partition coefficient (Wildman–Crippen LogP) is 0.449. The third-order valence-electron chi connectivity index (χ3n) is 2.56. The molecule has 0 unspecified atom stereocenters. The van der Waals surface area contributed by atoms with E-state index in [0.29, 0.717) is 0 Å². The minimum Gasteiger partial charge on any atom is -0.354 e. The van der Waals surface area contributed by atoms with Crippen LogP contribution >= 0.6 is 0 Å². The molecule has 1 aliphatic rings. The van der Waals surface area contributed by atoms with Crippen molar-refractivity contribution < 1.29 is 0 Å². The number of nitrogens with one attached hydrogen (secondary N) is 1. The first-order chi connectivity index (χ1) is 6.92. The van der Waals surface area contributed by atoms with Gasteiger partial charge in [0.15, 0.2) is 0 Å². The molecule has 1 saturated heterocycles. The molecule has 0 aromatic carbocycles. The van der Waals surface area contributed by atoms with Crippen molar-refractivity contribution in [3.05, 3.63) is 18.1 Å². The van der Waals surface area contributed by atoms with E-state index in [1.165, 1.54) is 5.56 Å². The van der Waals surface area contributed by atoms with Gasteiger partial charge < -0.3 is 10.2 Å². The van der Waals surface area contributed by atoms with Crippen molar-refractivity contribution in [2.45, 2.75) is 13.3 Å². The number of aromatic nitrogens is 2. The molecule has 0 spiro atoms. The molecule has 2 rings (SSSR count). The van der Waals surface area contributed by atoms with E-state index in [9.17, 15) is 0 Å². The lowest BCUT2D eigenvalue weighted by molar-refractivity contribution is 0.583. The number of piperazine rings is 1. The lowest BCUT2D eigenvalue weighted by Crippen LogP contribution is -2.44. The van der Waals surface area contributed by atoms with Crippen molar-refractivity contribution in [2.75, 3.05) is 31.1 Å². The minimum atomic E-state index is 1.00. The highest BCUT2D eigenvalue weighted by Gasteiger charge is 2.14. The molecule has 0 saturated carbocycles. The molecule has 4 nitrogen and oxygen atoms in total. The van der Waals surface area contributed by atoms with Crippen LogP contribution in [-0.2, 0) is 6.42 Å². The Morgan fingerprint density at radius 3 is 2.93 bits per heavy atom. The lowest BCUT2D eigenvalue weighted by atomic mass is 10.2. The van der Waals surface area contributed by atoms with Gasteiger partial charge in [0, 0.05) is 37.9 Å². The van der Waals surface area contributed by atoms with Crippen LogP contribution < -0.4 is 10.2 Å². The van der Waals surface area contributed by atoms with Gasteiger partial charge in [0.1, 0.15) is 12.1 Å². The van der Waals surface area contributed by atoms with Crippen molar-refractivity contribution in [1.82, 2.24) is 15.3 Å². The van der Waals surface area contributed by atoms with E-state index in [0.717, 1.165) is 38.4 Å². The SMILES string of the molecule is CCc1cncnc1N1CCNCC1. The second-order valence-corrected chi connectivity index (χ2v) is 3.46. The lowest BCUT2D eigenvalue weighted by Gasteiger charge is -2.29. The summed E-state index contributed by atoms with van der Waals surface area (Å²) in [5.74, 6) is 1.11. The maximum atomic E-state index is 4.36. The van der Waals surface area contributed by atoms with Gasteiger partial charge in [0.25, 0.3) is 0 Å². The first kappa shape index (κ1) is 9.40. The molecule has 14 heavy (non-hydrogen) atoms. The second-order valence-electron chi connectivity index (χ2n) is 3.46. The van der Waals surface area contributed by atoms with Crippen LogP contribution in [0.15, 0.2) is 12.5 Å². The number of anilines is 1. The van der Waals surface area contributed by atoms with Crippen LogP contribution in [0, 0.1) is 0 Å². The average molecular weight is 192 g/mol. The Bertz CT molecular complexity index is 294. The number of nitrogens with zero attached hydrogens (tertiary/aromatic N) is 3. The first-order valence-electron chi connectivity index (χ1n) is 5.16. The zero-order chi connectivity index (χ0) is 9.80. The summed E-state index contributed by atoms with van der Waals surface area (Å²) in [5.41, 5.74) is 1.24. The molecule has 0 atom stereocenters. The number of aryl methyl sites for hydroxylation is 1. The van der Waals surface area contributed by atoms with Crippen molar-refractivity contribution in [3.63, 3.8) is 0 Å². The third kappa shape index (κ3) is 1.85. The standard InChI is InChI=1S/C10H16N4/c1-2-9-7-12-8-13-10(9)14-5-3-11-4-6-14/h7-8,11H,2-6H2,1H3. The Morgan fingerprint density at radius 2 is 2.21 bits per heavy atom. The summed E-state index contributed by atoms with van der Waals surface area (Å²) in [6.07, 6.45) is 4.56. The Labute approximate surface area is 84.4 Å². The van der Waals surface area contributed by atoms with E-state index < -0.39 is 0 Å². The smallest absolute Gasteiger partial charge is 0.135 e. The fourth-order valence-corrected chi connectivity index (χ4v) is 1.76. The van der Waals surface area contributed by atoms with Crippen LogP contribution in [0.2, 0.25) is 0 Å². The molecule has 1 fully saturated rings. The van der Waals surface area contributed by atoms with Crippen molar-refractivity contribution in [2.24, 2.45) is 0 Å². The summed E-state index contributed by atoms with van der Waals surface area (Å²) in [5, 5.41) is 3.34. The molecular weight excluding hydrogens is 176 g/mol. The van der Waals surface area contributed by atoms with Crippen LogP contribution in [-0.4, -0.2) is 36.1 Å². The van der Waals surface area contributed by atoms with Crippen LogP contribution in [0.5, 0.6) is 0 Å². The summed E-state index contributed by atoms with van der Waals surface area (Å²) in [6.45, 7) is 6.33. The zero-order valence-electron chi connectivity index (χ0n) is 8.53. The van der Waals surface area contributed by atoms with E-state index in [1.807, 2.05) is 6.20 Å². The van der Waals surface area contributed by atoms with Crippen LogP contribution in [0.4, 0.5) is 5.82 Å². The van der Waals surface area contributed by atoms with E-state index in [-0.39, 0.29) is 0 Å². The number of hydrogen-bond acceptors (Lipinski definition) is 4. The highest BCUT2D eigenvalue weighted by atomic mass is 15.2. The van der Waals surface area contributed by atoms with E-state index in [4.69, 9.17) is 0 Å². The van der Waals surface area contributed by atoms with E-state index in [2.05, 4.69) is 27.1 Å². The maximum absolute atomic E-state index is 4.36. The monoisotopic (exact) mass is 192 g/mol. The quantitative estimate of drug-likeness (QED) is 0.738. The van der Waals surface area contributed by atoms with Crippen molar-refractivity contribution in [1.29, 1.82) is 0 Å². The average Bonchev–Trinajstić information content (AvgIpc) is 2.30. The molecular formula is C10H16N4. The van der Waals surface area contributed by atoms with Gasteiger partial charge in [-0.25, -0.2) is 9.97 Å². The fraction of sp³-hybridized carbons (Fsp3) is 0.600. The Hall–Kier alpha value is -1.16. The van der Waals surface area contributed by atoms with Crippen LogP contribution in [0.1, 0.15) is 12.5 Å². The molecule has 4 heteroatoms. The fourth-order valence-electron chi connectivity index (χ4n) is 1.76. The largest absolute Gasteiger partial charge is 0.354 e. The summed E-state index contributed by atoms with van der Waals surface area (Å²) >= 11 is 0. The molecule has 0 bridgehead atoms. The maximum Gasteiger partial charge on any atom is 0.135 e. The van der Waals surface area contributed by atoms with Crippen LogP contribution in [0.25, 0.3) is 0 Å². The van der Waals surface area contributed by atoms with Gasteiger partial charge in [0.05, 0.1) is 0 Å². The van der Waals surface area contributed by atoms with Crippen molar-refractivity contribution in [3.8, 4) is 0 Å². The van der Waals surface area contributed by atoms with Gasteiger partial charge in [-0.15, -0.1) is 0 Å². The highest BCUT2D eigenvalue weighted by Crippen LogP contribution is 2.16. The van der Waals surface area contributed by atoms with Gasteiger partial charge >= 0.3 is 0 Å². The van der Waals surface area contributed by atoms with Gasteiger partial charge in [-0.3, -0.25) is 0 Å². The molecule has 1 N–H and O–H groups in total. The van der Waals surface area contributed by atoms with Gasteiger partial charge in [-0.1, -0.05) is 6.92 Å². The molecule has 1 aromatic heterocycles. The molecule has 76 valence electrons. The zero-order valence-corrected chi connectivity index (χ0v) is 8.53. The van der Waals surface area contributed by atoms with Crippen molar-refractivity contribution >= 4 is 5.82 Å². The van der Waals surface area contributed by atoms with E-state index in [1.54, 1.807) is 6.33 Å². The predicted molar refractivity (Wildman–Crippen MR) is 56.5 cm³/mol. The second kappa shape index (κ2) is 4.37. The molecule has 1 aromatic rings. The summed E-state index contributed by atoms with van der Waals surface area (Å²) < 4.78 is 0. The topological polar surface area (TPSA) is 41.1 Å². The third-order valence-corrected chi connectivity index (χ3v) is 2.56. The van der Waals surface area contributed by atoms with Gasteiger partial charge in [-0.2, -0.15) is 0 Å². The Morgan fingerprint density at radius 1 is 1.43 bits per heavy atom. The number of rotatable bonds is 2. The molecule has 0 radical (unpaired) electrons. The Balaban J connectivity index is 2.20. The first-order valence-corrected chi connectivity index (χ1v) is 5.16.